The number of nitrogens with one attached hydrogen (secondary N) is 2. The second-order valence-corrected chi connectivity index (χ2v) is 2.33. The summed E-state index contributed by atoms with van der Waals surface area (Å²) in [5.74, 6) is -0.0410. The predicted molar refractivity (Wildman–Crippen MR) is 54.9 cm³/mol. The Morgan fingerprint density at radius 2 is 1.86 bits per heavy atom. The average molecular weight is 200 g/mol. The van der Waals surface area contributed by atoms with E-state index in [0.717, 1.165) is 0 Å². The molecule has 0 aliphatic carbocycles. The van der Waals surface area contributed by atoms with Gasteiger partial charge in [0.05, 0.1) is 0 Å². The van der Waals surface area contributed by atoms with E-state index in [9.17, 15) is 0 Å². The van der Waals surface area contributed by atoms with Crippen LogP contribution in [-0.4, -0.2) is 23.8 Å². The third kappa shape index (κ3) is 6.58. The fourth-order valence-electron chi connectivity index (χ4n) is 0.531. The van der Waals surface area contributed by atoms with E-state index in [2.05, 4.69) is 20.4 Å². The largest absolute Gasteiger partial charge is 0.365 e. The second kappa shape index (κ2) is 6.40. The van der Waals surface area contributed by atoms with E-state index < -0.39 is 0 Å². The van der Waals surface area contributed by atoms with Gasteiger partial charge in [0, 0.05) is 5.10 Å². The Morgan fingerprint density at radius 3 is 2.29 bits per heavy atom. The summed E-state index contributed by atoms with van der Waals surface area (Å²) in [6.45, 7) is 1.90. The highest BCUT2D eigenvalue weighted by Gasteiger charge is 1.96. The SMILES string of the molecule is CCC(C=[NH+]N=C(N)N)=N[NH+]=C(N)N. The summed E-state index contributed by atoms with van der Waals surface area (Å²) in [6, 6.07) is 0. The quantitative estimate of drug-likeness (QED) is 0.152. The summed E-state index contributed by atoms with van der Waals surface area (Å²) < 4.78 is 0. The lowest BCUT2D eigenvalue weighted by molar-refractivity contribution is -0.466. The second-order valence-electron chi connectivity index (χ2n) is 2.33. The molecular weight excluding hydrogens is 184 g/mol. The van der Waals surface area contributed by atoms with Gasteiger partial charge in [-0.25, -0.2) is 0 Å². The molecule has 0 radical (unpaired) electrons. The monoisotopic (exact) mass is 200 g/mol. The fraction of sp³-hybridized carbons (Fsp3) is 0.333. The summed E-state index contributed by atoms with van der Waals surface area (Å²) in [5, 5.41) is 12.3. The van der Waals surface area contributed by atoms with Crippen molar-refractivity contribution in [2.75, 3.05) is 0 Å². The zero-order valence-electron chi connectivity index (χ0n) is 7.99. The minimum atomic E-state index is -0.0606. The molecule has 0 saturated carbocycles. The van der Waals surface area contributed by atoms with Crippen LogP contribution in [0.4, 0.5) is 0 Å². The van der Waals surface area contributed by atoms with Crippen molar-refractivity contribution in [1.82, 2.24) is 0 Å². The first-order valence-corrected chi connectivity index (χ1v) is 3.94. The zero-order valence-corrected chi connectivity index (χ0v) is 7.99. The summed E-state index contributed by atoms with van der Waals surface area (Å²) in [4.78, 5) is 0. The number of nitrogens with zero attached hydrogens (tertiary/aromatic N) is 2. The molecule has 0 saturated heterocycles. The maximum atomic E-state index is 5.15. The van der Waals surface area contributed by atoms with E-state index in [1.165, 1.54) is 6.21 Å². The summed E-state index contributed by atoms with van der Waals surface area (Å²) in [6.07, 6.45) is 2.20. The van der Waals surface area contributed by atoms with Crippen LogP contribution in [0.15, 0.2) is 10.2 Å². The van der Waals surface area contributed by atoms with Crippen LogP contribution in [-0.2, 0) is 0 Å². The van der Waals surface area contributed by atoms with Crippen LogP contribution in [0.1, 0.15) is 13.3 Å². The lowest BCUT2D eigenvalue weighted by Crippen LogP contribution is -2.73. The van der Waals surface area contributed by atoms with Crippen LogP contribution in [0.25, 0.3) is 0 Å². The molecule has 0 aromatic carbocycles. The molecule has 0 aliphatic heterocycles. The van der Waals surface area contributed by atoms with Crippen LogP contribution in [0.2, 0.25) is 0 Å². The Bertz CT molecular complexity index is 278. The highest BCUT2D eigenvalue weighted by atomic mass is 15.3. The molecule has 0 amide bonds. The summed E-state index contributed by atoms with van der Waals surface area (Å²) >= 11 is 0. The van der Waals surface area contributed by atoms with Crippen molar-refractivity contribution in [3.05, 3.63) is 0 Å². The summed E-state index contributed by atoms with van der Waals surface area (Å²) in [5.41, 5.74) is 21.1. The molecule has 8 heteroatoms. The van der Waals surface area contributed by atoms with E-state index in [-0.39, 0.29) is 11.9 Å². The van der Waals surface area contributed by atoms with Crippen molar-refractivity contribution in [3.8, 4) is 0 Å². The number of guanidine groups is 2. The molecule has 8 nitrogen and oxygen atoms in total. The number of rotatable bonds is 4. The van der Waals surface area contributed by atoms with Crippen LogP contribution in [0, 0.1) is 0 Å². The van der Waals surface area contributed by atoms with Crippen molar-refractivity contribution in [2.45, 2.75) is 13.3 Å². The highest BCUT2D eigenvalue weighted by Crippen LogP contribution is 1.73. The number of hydrogen-bond donors (Lipinski definition) is 6. The third-order valence-electron chi connectivity index (χ3n) is 1.12. The van der Waals surface area contributed by atoms with E-state index >= 15 is 0 Å². The molecule has 78 valence electrons. The molecule has 0 spiro atoms. The Hall–Kier alpha value is -2.12. The van der Waals surface area contributed by atoms with E-state index in [1.807, 2.05) is 6.92 Å². The molecule has 0 unspecified atom stereocenters. The number of nitrogens with two attached hydrogens (primary N) is 4. The molecule has 14 heavy (non-hydrogen) atoms. The van der Waals surface area contributed by atoms with Crippen LogP contribution >= 0.6 is 0 Å². The van der Waals surface area contributed by atoms with Gasteiger partial charge in [0.2, 0.25) is 6.21 Å². The van der Waals surface area contributed by atoms with Gasteiger partial charge in [-0.1, -0.05) is 6.92 Å². The topological polar surface area (TPSA) is 157 Å². The van der Waals surface area contributed by atoms with Gasteiger partial charge < -0.3 is 11.5 Å². The van der Waals surface area contributed by atoms with Crippen LogP contribution in [0.5, 0.6) is 0 Å². The normalized spacial score (nSPS) is 11.4. The van der Waals surface area contributed by atoms with Crippen molar-refractivity contribution < 1.29 is 10.2 Å². The molecule has 0 aromatic rings. The smallest absolute Gasteiger partial charge is 0.362 e. The molecule has 0 heterocycles. The number of hydrogen-bond acceptors (Lipinski definition) is 2. The van der Waals surface area contributed by atoms with E-state index in [1.54, 1.807) is 0 Å². The van der Waals surface area contributed by atoms with Crippen LogP contribution < -0.4 is 33.1 Å². The first-order valence-electron chi connectivity index (χ1n) is 3.94. The van der Waals surface area contributed by atoms with Gasteiger partial charge in [-0.15, -0.1) is 10.2 Å². The molecule has 10 N–H and O–H groups in total. The first-order chi connectivity index (χ1) is 6.56. The van der Waals surface area contributed by atoms with E-state index in [4.69, 9.17) is 22.9 Å². The molecular formula is C6H16N8+2. The van der Waals surface area contributed by atoms with Gasteiger partial charge >= 0.3 is 5.96 Å². The standard InChI is InChI=1S/C6H14N8/c1-2-4(12-14-6(9)10)3-11-13-5(7)8/h3H,2H2,1H3,(H4,7,8,13)(H4,9,10,14)/p+2. The van der Waals surface area contributed by atoms with Crippen molar-refractivity contribution in [1.29, 1.82) is 0 Å². The average Bonchev–Trinajstić information content (AvgIpc) is 2.10. The minimum absolute atomic E-state index is 0.0196. The van der Waals surface area contributed by atoms with Gasteiger partial charge in [-0.05, 0) is 6.42 Å². The van der Waals surface area contributed by atoms with Gasteiger partial charge in [0.1, 0.15) is 5.71 Å². The van der Waals surface area contributed by atoms with Crippen molar-refractivity contribution in [3.63, 3.8) is 0 Å². The van der Waals surface area contributed by atoms with E-state index in [0.29, 0.717) is 12.1 Å². The lowest BCUT2D eigenvalue weighted by Gasteiger charge is -1.85. The Kier molecular flexibility index (Phi) is 5.43. The molecule has 0 aromatic heterocycles. The highest BCUT2D eigenvalue weighted by molar-refractivity contribution is 6.28. The molecule has 0 rings (SSSR count). The van der Waals surface area contributed by atoms with Crippen molar-refractivity contribution in [2.24, 2.45) is 33.1 Å². The lowest BCUT2D eigenvalue weighted by atomic mass is 10.3. The van der Waals surface area contributed by atoms with Gasteiger partial charge in [0.15, 0.2) is 0 Å². The van der Waals surface area contributed by atoms with Crippen LogP contribution in [0.3, 0.4) is 0 Å². The molecule has 0 bridgehead atoms. The zero-order chi connectivity index (χ0) is 11.0. The first kappa shape index (κ1) is 11.9. The summed E-state index contributed by atoms with van der Waals surface area (Å²) in [7, 11) is 0. The molecule has 0 atom stereocenters. The Balaban J connectivity index is 4.44. The van der Waals surface area contributed by atoms with Gasteiger partial charge in [-0.3, -0.25) is 11.5 Å². The maximum absolute atomic E-state index is 5.15. The maximum Gasteiger partial charge on any atom is 0.362 e. The minimum Gasteiger partial charge on any atom is -0.365 e. The number of hydrazone groups is 2. The molecule has 0 aliphatic rings. The Morgan fingerprint density at radius 1 is 1.21 bits per heavy atom. The van der Waals surface area contributed by atoms with Gasteiger partial charge in [-0.2, -0.15) is 5.10 Å². The predicted octanol–water partition coefficient (Wildman–Crippen LogP) is -5.55. The Labute approximate surface area is 81.4 Å². The fourth-order valence-corrected chi connectivity index (χ4v) is 0.531. The molecule has 0 fully saturated rings. The van der Waals surface area contributed by atoms with Gasteiger partial charge in [0.25, 0.3) is 5.96 Å². The third-order valence-corrected chi connectivity index (χ3v) is 1.12. The van der Waals surface area contributed by atoms with Crippen molar-refractivity contribution >= 4 is 23.8 Å².